The van der Waals surface area contributed by atoms with Crippen LogP contribution < -0.4 is 10.1 Å². The number of ether oxygens (including phenoxy) is 1. The van der Waals surface area contributed by atoms with E-state index in [1.54, 1.807) is 23.1 Å². The molecular formula is C28H29Br2ClN2O3. The van der Waals surface area contributed by atoms with Crippen molar-refractivity contribution < 1.29 is 14.3 Å². The fourth-order valence-corrected chi connectivity index (χ4v) is 4.59. The highest BCUT2D eigenvalue weighted by molar-refractivity contribution is 9.10. The van der Waals surface area contributed by atoms with Crippen molar-refractivity contribution in [2.45, 2.75) is 45.3 Å². The first-order chi connectivity index (χ1) is 17.3. The molecule has 0 aliphatic carbocycles. The van der Waals surface area contributed by atoms with Gasteiger partial charge in [0.05, 0.1) is 5.02 Å². The van der Waals surface area contributed by atoms with E-state index < -0.39 is 6.04 Å². The lowest BCUT2D eigenvalue weighted by molar-refractivity contribution is -0.143. The first-order valence-electron chi connectivity index (χ1n) is 11.7. The van der Waals surface area contributed by atoms with Crippen LogP contribution in [0.2, 0.25) is 5.02 Å². The van der Waals surface area contributed by atoms with Crippen LogP contribution in [0, 0.1) is 0 Å². The van der Waals surface area contributed by atoms with Gasteiger partial charge in [-0.3, -0.25) is 9.59 Å². The van der Waals surface area contributed by atoms with Crippen molar-refractivity contribution in [2.24, 2.45) is 0 Å². The molecule has 1 N–H and O–H groups in total. The number of hydrogen-bond acceptors (Lipinski definition) is 3. The molecule has 0 saturated carbocycles. The van der Waals surface area contributed by atoms with Crippen LogP contribution in [0.15, 0.2) is 81.7 Å². The maximum atomic E-state index is 13.6. The third-order valence-electron chi connectivity index (χ3n) is 5.78. The summed E-state index contributed by atoms with van der Waals surface area (Å²) < 4.78 is 7.54. The molecule has 0 radical (unpaired) electrons. The Morgan fingerprint density at radius 2 is 1.64 bits per heavy atom. The summed E-state index contributed by atoms with van der Waals surface area (Å²) in [6, 6.07) is 21.9. The lowest BCUT2D eigenvalue weighted by Crippen LogP contribution is -2.53. The molecule has 0 bridgehead atoms. The van der Waals surface area contributed by atoms with Crippen molar-refractivity contribution in [3.63, 3.8) is 0 Å². The number of rotatable bonds is 11. The van der Waals surface area contributed by atoms with Crippen LogP contribution in [-0.4, -0.2) is 35.4 Å². The maximum Gasteiger partial charge on any atom is 0.261 e. The predicted molar refractivity (Wildman–Crippen MR) is 151 cm³/mol. The molecule has 3 aromatic rings. The van der Waals surface area contributed by atoms with Crippen LogP contribution in [-0.2, 0) is 22.6 Å². The molecule has 0 unspecified atom stereocenters. The van der Waals surface area contributed by atoms with Gasteiger partial charge in [-0.1, -0.05) is 92.8 Å². The Hall–Kier alpha value is -2.35. The molecule has 190 valence electrons. The van der Waals surface area contributed by atoms with Gasteiger partial charge in [0, 0.05) is 28.0 Å². The second kappa shape index (κ2) is 13.8. The fourth-order valence-electron chi connectivity index (χ4n) is 3.60. The van der Waals surface area contributed by atoms with E-state index in [9.17, 15) is 9.59 Å². The molecule has 0 fully saturated rings. The number of hydrogen-bond donors (Lipinski definition) is 1. The maximum absolute atomic E-state index is 13.6. The molecule has 0 heterocycles. The van der Waals surface area contributed by atoms with Gasteiger partial charge in [0.25, 0.3) is 5.91 Å². The number of halogens is 3. The minimum Gasteiger partial charge on any atom is -0.482 e. The Labute approximate surface area is 234 Å². The largest absolute Gasteiger partial charge is 0.482 e. The third kappa shape index (κ3) is 8.36. The molecule has 3 rings (SSSR count). The van der Waals surface area contributed by atoms with E-state index in [0.29, 0.717) is 17.2 Å². The summed E-state index contributed by atoms with van der Waals surface area (Å²) in [6.07, 6.45) is 1.17. The smallest absolute Gasteiger partial charge is 0.261 e. The second-order valence-electron chi connectivity index (χ2n) is 8.53. The molecule has 0 saturated heterocycles. The van der Waals surface area contributed by atoms with Crippen LogP contribution >= 0.6 is 43.5 Å². The van der Waals surface area contributed by atoms with Crippen molar-refractivity contribution in [1.82, 2.24) is 10.2 Å². The van der Waals surface area contributed by atoms with E-state index in [0.717, 1.165) is 26.5 Å². The van der Waals surface area contributed by atoms with E-state index >= 15 is 0 Å². The lowest BCUT2D eigenvalue weighted by atomic mass is 10.0. The quantitative estimate of drug-likeness (QED) is 0.252. The zero-order chi connectivity index (χ0) is 26.1. The molecule has 2 amide bonds. The van der Waals surface area contributed by atoms with E-state index in [2.05, 4.69) is 37.2 Å². The van der Waals surface area contributed by atoms with E-state index in [-0.39, 0.29) is 31.0 Å². The number of amides is 2. The van der Waals surface area contributed by atoms with Gasteiger partial charge >= 0.3 is 0 Å². The fraction of sp³-hybridized carbons (Fsp3) is 0.286. The average molecular weight is 637 g/mol. The molecule has 0 aliphatic rings. The van der Waals surface area contributed by atoms with Crippen LogP contribution in [0.1, 0.15) is 31.4 Å². The first kappa shape index (κ1) is 28.2. The van der Waals surface area contributed by atoms with Gasteiger partial charge in [-0.25, -0.2) is 0 Å². The summed E-state index contributed by atoms with van der Waals surface area (Å²) in [5, 5.41) is 3.46. The van der Waals surface area contributed by atoms with E-state index in [1.165, 1.54) is 0 Å². The first-order valence-corrected chi connectivity index (χ1v) is 13.7. The number of carbonyl (C=O) groups excluding carboxylic acids is 2. The van der Waals surface area contributed by atoms with E-state index in [4.69, 9.17) is 16.3 Å². The molecule has 8 heteroatoms. The van der Waals surface area contributed by atoms with E-state index in [1.807, 2.05) is 68.4 Å². The predicted octanol–water partition coefficient (Wildman–Crippen LogP) is 6.80. The summed E-state index contributed by atoms with van der Waals surface area (Å²) in [7, 11) is 0. The highest BCUT2D eigenvalue weighted by Crippen LogP contribution is 2.28. The van der Waals surface area contributed by atoms with Gasteiger partial charge in [0.1, 0.15) is 11.8 Å². The Morgan fingerprint density at radius 1 is 0.972 bits per heavy atom. The van der Waals surface area contributed by atoms with Gasteiger partial charge in [0.15, 0.2) is 6.61 Å². The van der Waals surface area contributed by atoms with Crippen LogP contribution in [0.4, 0.5) is 0 Å². The zero-order valence-corrected chi connectivity index (χ0v) is 24.1. The Bertz CT molecular complexity index is 1160. The molecule has 5 nitrogen and oxygen atoms in total. The number of carbonyl (C=O) groups is 2. The number of nitrogens with one attached hydrogen (secondary N) is 1. The number of nitrogens with zero attached hydrogens (tertiary/aromatic N) is 1. The van der Waals surface area contributed by atoms with Crippen molar-refractivity contribution >= 4 is 55.3 Å². The summed E-state index contributed by atoms with van der Waals surface area (Å²) in [5.41, 5.74) is 1.87. The van der Waals surface area contributed by atoms with Gasteiger partial charge in [-0.15, -0.1) is 0 Å². The van der Waals surface area contributed by atoms with Gasteiger partial charge in [-0.05, 0) is 54.8 Å². The highest BCUT2D eigenvalue weighted by atomic mass is 79.9. The Kier molecular flexibility index (Phi) is 10.8. The standard InChI is InChI=1S/C28H29Br2ClN2O3/c1-3-19(2)32-28(35)25(15-20-7-5-4-6-8-20)33(17-21-9-11-22(29)12-10-21)27(34)18-36-26-14-13-23(30)16-24(26)31/h4-14,16,19,25H,3,15,17-18H2,1-2H3,(H,32,35)/t19-,25-/m0/s1. The molecule has 3 aromatic carbocycles. The van der Waals surface area contributed by atoms with Gasteiger partial charge < -0.3 is 15.0 Å². The number of benzene rings is 3. The molecule has 2 atom stereocenters. The molecule has 0 aliphatic heterocycles. The van der Waals surface area contributed by atoms with Crippen LogP contribution in [0.3, 0.4) is 0 Å². The topological polar surface area (TPSA) is 58.6 Å². The second-order valence-corrected chi connectivity index (χ2v) is 10.8. The minimum absolute atomic E-state index is 0.0155. The van der Waals surface area contributed by atoms with Crippen molar-refractivity contribution in [2.75, 3.05) is 6.61 Å². The Balaban J connectivity index is 1.91. The van der Waals surface area contributed by atoms with Crippen molar-refractivity contribution in [1.29, 1.82) is 0 Å². The van der Waals surface area contributed by atoms with Crippen molar-refractivity contribution in [3.8, 4) is 5.75 Å². The SMILES string of the molecule is CC[C@H](C)NC(=O)[C@H](Cc1ccccc1)N(Cc1ccc(Br)cc1)C(=O)COc1ccc(Br)cc1Cl. The molecule has 0 aromatic heterocycles. The minimum atomic E-state index is -0.721. The summed E-state index contributed by atoms with van der Waals surface area (Å²) in [4.78, 5) is 28.7. The molecular weight excluding hydrogens is 608 g/mol. The van der Waals surface area contributed by atoms with Gasteiger partial charge in [0.2, 0.25) is 5.91 Å². The van der Waals surface area contributed by atoms with Gasteiger partial charge in [-0.2, -0.15) is 0 Å². The third-order valence-corrected chi connectivity index (χ3v) is 7.10. The van der Waals surface area contributed by atoms with Crippen molar-refractivity contribution in [3.05, 3.63) is 97.9 Å². The summed E-state index contributed by atoms with van der Waals surface area (Å²) >= 11 is 13.1. The molecule has 0 spiro atoms. The average Bonchev–Trinajstić information content (AvgIpc) is 2.87. The molecule has 36 heavy (non-hydrogen) atoms. The highest BCUT2D eigenvalue weighted by Gasteiger charge is 2.31. The monoisotopic (exact) mass is 634 g/mol. The van der Waals surface area contributed by atoms with Crippen LogP contribution in [0.25, 0.3) is 0 Å². The van der Waals surface area contributed by atoms with Crippen LogP contribution in [0.5, 0.6) is 5.75 Å². The Morgan fingerprint density at radius 3 is 2.28 bits per heavy atom. The normalized spacial score (nSPS) is 12.5. The summed E-state index contributed by atoms with van der Waals surface area (Å²) in [6.45, 7) is 3.98. The zero-order valence-electron chi connectivity index (χ0n) is 20.2. The summed E-state index contributed by atoms with van der Waals surface area (Å²) in [5.74, 6) is -0.0991. The lowest BCUT2D eigenvalue weighted by Gasteiger charge is -2.32.